The van der Waals surface area contributed by atoms with Gasteiger partial charge < -0.3 is 10.3 Å². The molecule has 0 saturated heterocycles. The average Bonchev–Trinajstić information content (AvgIpc) is 2.57. The zero-order valence-corrected chi connectivity index (χ0v) is 9.69. The fourth-order valence-corrected chi connectivity index (χ4v) is 2.06. The average molecular weight is 207 g/mol. The number of imidazole rings is 1. The van der Waals surface area contributed by atoms with Crippen molar-refractivity contribution in [1.29, 1.82) is 0 Å². The smallest absolute Gasteiger partial charge is 0.0948 e. The molecule has 2 N–H and O–H groups in total. The molecule has 1 unspecified atom stereocenters. The van der Waals surface area contributed by atoms with Crippen LogP contribution in [0.15, 0.2) is 12.5 Å². The Bertz CT molecular complexity index is 312. The van der Waals surface area contributed by atoms with Gasteiger partial charge in [-0.3, -0.25) is 0 Å². The van der Waals surface area contributed by atoms with E-state index >= 15 is 0 Å². The van der Waals surface area contributed by atoms with Crippen molar-refractivity contribution in [2.45, 2.75) is 45.7 Å². The van der Waals surface area contributed by atoms with Gasteiger partial charge in [0, 0.05) is 18.8 Å². The van der Waals surface area contributed by atoms with Crippen molar-refractivity contribution in [3.63, 3.8) is 0 Å². The predicted molar refractivity (Wildman–Crippen MR) is 61.3 cm³/mol. The molecule has 0 spiro atoms. The molecule has 84 valence electrons. The first-order chi connectivity index (χ1) is 7.18. The SMILES string of the molecule is CC(C)C(N)c1cncn1CC1CCC1. The molecule has 2 rings (SSSR count). The fourth-order valence-electron chi connectivity index (χ4n) is 2.06. The van der Waals surface area contributed by atoms with Gasteiger partial charge in [0.25, 0.3) is 0 Å². The van der Waals surface area contributed by atoms with Crippen molar-refractivity contribution in [3.8, 4) is 0 Å². The Kier molecular flexibility index (Phi) is 3.10. The van der Waals surface area contributed by atoms with Gasteiger partial charge in [-0.25, -0.2) is 4.98 Å². The lowest BCUT2D eigenvalue weighted by molar-refractivity contribution is 0.270. The fraction of sp³-hybridized carbons (Fsp3) is 0.750. The number of hydrogen-bond donors (Lipinski definition) is 1. The Labute approximate surface area is 91.7 Å². The Balaban J connectivity index is 2.06. The summed E-state index contributed by atoms with van der Waals surface area (Å²) >= 11 is 0. The van der Waals surface area contributed by atoms with Crippen LogP contribution in [0.4, 0.5) is 0 Å². The molecule has 0 bridgehead atoms. The highest BCUT2D eigenvalue weighted by atomic mass is 15.1. The molecule has 1 atom stereocenters. The monoisotopic (exact) mass is 207 g/mol. The zero-order valence-electron chi connectivity index (χ0n) is 9.69. The molecule has 1 fully saturated rings. The van der Waals surface area contributed by atoms with Crippen molar-refractivity contribution < 1.29 is 0 Å². The molecular formula is C12H21N3. The molecule has 1 aromatic rings. The quantitative estimate of drug-likeness (QED) is 0.823. The van der Waals surface area contributed by atoms with E-state index in [1.165, 1.54) is 25.0 Å². The molecule has 1 aliphatic rings. The maximum absolute atomic E-state index is 6.16. The summed E-state index contributed by atoms with van der Waals surface area (Å²) < 4.78 is 2.24. The molecule has 3 heteroatoms. The van der Waals surface area contributed by atoms with E-state index in [0.29, 0.717) is 5.92 Å². The molecule has 0 aliphatic heterocycles. The minimum absolute atomic E-state index is 0.118. The van der Waals surface area contributed by atoms with Gasteiger partial charge in [0.1, 0.15) is 0 Å². The standard InChI is InChI=1S/C12H21N3/c1-9(2)12(13)11-6-14-8-15(11)7-10-4-3-5-10/h6,8-10,12H,3-5,7,13H2,1-2H3. The highest BCUT2D eigenvalue weighted by Crippen LogP contribution is 2.29. The maximum atomic E-state index is 6.16. The van der Waals surface area contributed by atoms with Gasteiger partial charge in [0.05, 0.1) is 12.0 Å². The molecular weight excluding hydrogens is 186 g/mol. The normalized spacial score (nSPS) is 19.2. The third kappa shape index (κ3) is 2.23. The maximum Gasteiger partial charge on any atom is 0.0948 e. The first-order valence-corrected chi connectivity index (χ1v) is 5.94. The summed E-state index contributed by atoms with van der Waals surface area (Å²) in [7, 11) is 0. The summed E-state index contributed by atoms with van der Waals surface area (Å²) in [4.78, 5) is 4.22. The summed E-state index contributed by atoms with van der Waals surface area (Å²) in [6.45, 7) is 5.42. The second-order valence-corrected chi connectivity index (χ2v) is 5.04. The molecule has 0 aromatic carbocycles. The first kappa shape index (κ1) is 10.7. The van der Waals surface area contributed by atoms with Crippen LogP contribution in [-0.2, 0) is 6.54 Å². The van der Waals surface area contributed by atoms with Crippen LogP contribution < -0.4 is 5.73 Å². The van der Waals surface area contributed by atoms with E-state index < -0.39 is 0 Å². The highest BCUT2D eigenvalue weighted by Gasteiger charge is 2.21. The molecule has 1 aromatic heterocycles. The summed E-state index contributed by atoms with van der Waals surface area (Å²) in [6.07, 6.45) is 7.98. The third-order valence-electron chi connectivity index (χ3n) is 3.48. The number of aromatic nitrogens is 2. The van der Waals surface area contributed by atoms with Crippen LogP contribution in [0.1, 0.15) is 44.8 Å². The molecule has 1 heterocycles. The van der Waals surface area contributed by atoms with Gasteiger partial charge in [-0.1, -0.05) is 20.3 Å². The topological polar surface area (TPSA) is 43.8 Å². The molecule has 15 heavy (non-hydrogen) atoms. The third-order valence-corrected chi connectivity index (χ3v) is 3.48. The molecule has 3 nitrogen and oxygen atoms in total. The molecule has 1 aliphatic carbocycles. The second-order valence-electron chi connectivity index (χ2n) is 5.04. The lowest BCUT2D eigenvalue weighted by Gasteiger charge is -2.27. The zero-order chi connectivity index (χ0) is 10.8. The first-order valence-electron chi connectivity index (χ1n) is 5.94. The van der Waals surface area contributed by atoms with Gasteiger partial charge in [0.15, 0.2) is 0 Å². The van der Waals surface area contributed by atoms with Crippen LogP contribution in [-0.4, -0.2) is 9.55 Å². The van der Waals surface area contributed by atoms with Crippen molar-refractivity contribution in [3.05, 3.63) is 18.2 Å². The van der Waals surface area contributed by atoms with Crippen molar-refractivity contribution in [2.24, 2.45) is 17.6 Å². The van der Waals surface area contributed by atoms with Crippen LogP contribution in [0.25, 0.3) is 0 Å². The molecule has 0 amide bonds. The van der Waals surface area contributed by atoms with Crippen LogP contribution in [0.5, 0.6) is 0 Å². The van der Waals surface area contributed by atoms with E-state index in [2.05, 4.69) is 23.4 Å². The second kappa shape index (κ2) is 4.35. The number of nitrogens with zero attached hydrogens (tertiary/aromatic N) is 2. The molecule has 1 saturated carbocycles. The van der Waals surface area contributed by atoms with Crippen molar-refractivity contribution in [1.82, 2.24) is 9.55 Å². The lowest BCUT2D eigenvalue weighted by Crippen LogP contribution is -2.24. The van der Waals surface area contributed by atoms with Gasteiger partial charge in [0.2, 0.25) is 0 Å². The number of hydrogen-bond acceptors (Lipinski definition) is 2. The minimum Gasteiger partial charge on any atom is -0.333 e. The van der Waals surface area contributed by atoms with Crippen LogP contribution in [0.2, 0.25) is 0 Å². The number of rotatable bonds is 4. The Hall–Kier alpha value is -0.830. The van der Waals surface area contributed by atoms with Gasteiger partial charge in [-0.15, -0.1) is 0 Å². The van der Waals surface area contributed by atoms with Crippen LogP contribution in [0.3, 0.4) is 0 Å². The minimum atomic E-state index is 0.118. The van der Waals surface area contributed by atoms with Crippen molar-refractivity contribution >= 4 is 0 Å². The van der Waals surface area contributed by atoms with E-state index in [4.69, 9.17) is 5.73 Å². The highest BCUT2D eigenvalue weighted by molar-refractivity contribution is 5.05. The van der Waals surface area contributed by atoms with E-state index in [1.54, 1.807) is 0 Å². The Morgan fingerprint density at radius 3 is 2.80 bits per heavy atom. The van der Waals surface area contributed by atoms with Gasteiger partial charge >= 0.3 is 0 Å². The van der Waals surface area contributed by atoms with Gasteiger partial charge in [-0.2, -0.15) is 0 Å². The summed E-state index contributed by atoms with van der Waals surface area (Å²) in [6, 6.07) is 0.118. The summed E-state index contributed by atoms with van der Waals surface area (Å²) in [5.74, 6) is 1.33. The van der Waals surface area contributed by atoms with Crippen molar-refractivity contribution in [2.75, 3.05) is 0 Å². The number of nitrogens with two attached hydrogens (primary N) is 1. The van der Waals surface area contributed by atoms with Crippen LogP contribution >= 0.6 is 0 Å². The van der Waals surface area contributed by atoms with Crippen LogP contribution in [0, 0.1) is 11.8 Å². The predicted octanol–water partition coefficient (Wildman–Crippen LogP) is 2.34. The van der Waals surface area contributed by atoms with E-state index in [0.717, 1.165) is 12.5 Å². The Morgan fingerprint density at radius 1 is 1.53 bits per heavy atom. The largest absolute Gasteiger partial charge is 0.333 e. The van der Waals surface area contributed by atoms with E-state index in [9.17, 15) is 0 Å². The van der Waals surface area contributed by atoms with Gasteiger partial charge in [-0.05, 0) is 24.7 Å². The van der Waals surface area contributed by atoms with E-state index in [1.807, 2.05) is 12.5 Å². The summed E-state index contributed by atoms with van der Waals surface area (Å²) in [5.41, 5.74) is 7.35. The summed E-state index contributed by atoms with van der Waals surface area (Å²) in [5, 5.41) is 0. The van der Waals surface area contributed by atoms with E-state index in [-0.39, 0.29) is 6.04 Å². The lowest BCUT2D eigenvalue weighted by atomic mass is 9.85. The Morgan fingerprint density at radius 2 is 2.27 bits per heavy atom. The molecule has 0 radical (unpaired) electrons.